The molecule has 0 bridgehead atoms. The van der Waals surface area contributed by atoms with Crippen molar-refractivity contribution < 1.29 is 22.4 Å². The molecule has 0 saturated carbocycles. The minimum Gasteiger partial charge on any atom is -0.440 e. The second-order valence-electron chi connectivity index (χ2n) is 3.75. The minimum atomic E-state index is -4.52. The van der Waals surface area contributed by atoms with Gasteiger partial charge in [-0.05, 0) is 41.9 Å². The van der Waals surface area contributed by atoms with Crippen molar-refractivity contribution in [2.24, 2.45) is 0 Å². The summed E-state index contributed by atoms with van der Waals surface area (Å²) in [6, 6.07) is 6.04. The highest BCUT2D eigenvalue weighted by molar-refractivity contribution is 9.10. The molecule has 2 aromatic rings. The zero-order valence-electron chi connectivity index (χ0n) is 9.59. The van der Waals surface area contributed by atoms with E-state index in [0.29, 0.717) is 0 Å². The molecule has 8 heteroatoms. The van der Waals surface area contributed by atoms with Crippen LogP contribution in [0.1, 0.15) is 16.1 Å². The Hall–Kier alpha value is -1.47. The van der Waals surface area contributed by atoms with Gasteiger partial charge in [0, 0.05) is 10.2 Å². The van der Waals surface area contributed by atoms with Crippen molar-refractivity contribution in [3.05, 3.63) is 51.3 Å². The van der Waals surface area contributed by atoms with Crippen LogP contribution in [0.2, 0.25) is 5.22 Å². The SMILES string of the molecule is O=C(Nc1ccc(Br)c(C(F)(F)F)c1)c1ccc(Cl)o1. The normalized spacial score (nSPS) is 11.4. The van der Waals surface area contributed by atoms with Gasteiger partial charge in [0.1, 0.15) is 0 Å². The molecule has 0 aliphatic rings. The number of carbonyl (C=O) groups is 1. The van der Waals surface area contributed by atoms with Crippen LogP contribution < -0.4 is 5.32 Å². The molecule has 0 spiro atoms. The average molecular weight is 369 g/mol. The highest BCUT2D eigenvalue weighted by Crippen LogP contribution is 2.36. The van der Waals surface area contributed by atoms with Gasteiger partial charge < -0.3 is 9.73 Å². The molecule has 0 aliphatic carbocycles. The smallest absolute Gasteiger partial charge is 0.417 e. The summed E-state index contributed by atoms with van der Waals surface area (Å²) in [5.41, 5.74) is -0.883. The number of furan rings is 1. The number of nitrogens with one attached hydrogen (secondary N) is 1. The molecule has 106 valence electrons. The van der Waals surface area contributed by atoms with E-state index >= 15 is 0 Å². The van der Waals surface area contributed by atoms with Gasteiger partial charge in [0.2, 0.25) is 0 Å². The quantitative estimate of drug-likeness (QED) is 0.813. The number of amides is 1. The van der Waals surface area contributed by atoms with Crippen molar-refractivity contribution in [2.75, 3.05) is 5.32 Å². The van der Waals surface area contributed by atoms with E-state index in [1.807, 2.05) is 0 Å². The Kier molecular flexibility index (Phi) is 4.10. The Morgan fingerprint density at radius 2 is 1.95 bits per heavy atom. The number of hydrogen-bond acceptors (Lipinski definition) is 2. The Labute approximate surface area is 124 Å². The van der Waals surface area contributed by atoms with Crippen LogP contribution in [-0.2, 0) is 6.18 Å². The molecular weight excluding hydrogens is 362 g/mol. The lowest BCUT2D eigenvalue weighted by molar-refractivity contribution is -0.138. The third-order valence-electron chi connectivity index (χ3n) is 2.33. The molecule has 0 radical (unpaired) electrons. The van der Waals surface area contributed by atoms with Crippen molar-refractivity contribution in [2.45, 2.75) is 6.18 Å². The fourth-order valence-corrected chi connectivity index (χ4v) is 2.07. The standard InChI is InChI=1S/C12H6BrClF3NO2/c13-8-2-1-6(5-7(8)12(15,16)17)18-11(19)9-3-4-10(14)20-9/h1-5H,(H,18,19). The first-order valence-electron chi connectivity index (χ1n) is 5.21. The topological polar surface area (TPSA) is 42.2 Å². The number of alkyl halides is 3. The molecule has 3 nitrogen and oxygen atoms in total. The van der Waals surface area contributed by atoms with Crippen molar-refractivity contribution >= 4 is 39.1 Å². The van der Waals surface area contributed by atoms with E-state index in [0.717, 1.165) is 6.07 Å². The summed E-state index contributed by atoms with van der Waals surface area (Å²) < 4.78 is 42.9. The van der Waals surface area contributed by atoms with E-state index in [1.165, 1.54) is 24.3 Å². The Morgan fingerprint density at radius 1 is 1.25 bits per heavy atom. The van der Waals surface area contributed by atoms with Crippen LogP contribution >= 0.6 is 27.5 Å². The molecule has 20 heavy (non-hydrogen) atoms. The summed E-state index contributed by atoms with van der Waals surface area (Å²) >= 11 is 8.32. The summed E-state index contributed by atoms with van der Waals surface area (Å²) in [6.45, 7) is 0. The van der Waals surface area contributed by atoms with Gasteiger partial charge in [-0.3, -0.25) is 4.79 Å². The van der Waals surface area contributed by atoms with Gasteiger partial charge >= 0.3 is 6.18 Å². The summed E-state index contributed by atoms with van der Waals surface area (Å²) in [5, 5.41) is 2.31. The van der Waals surface area contributed by atoms with E-state index in [4.69, 9.17) is 16.0 Å². The minimum absolute atomic E-state index is 0.00181. The third kappa shape index (κ3) is 3.34. The van der Waals surface area contributed by atoms with Crippen LogP contribution in [0.4, 0.5) is 18.9 Å². The molecule has 0 unspecified atom stereocenters. The highest BCUT2D eigenvalue weighted by Gasteiger charge is 2.33. The zero-order chi connectivity index (χ0) is 14.9. The van der Waals surface area contributed by atoms with Crippen LogP contribution in [-0.4, -0.2) is 5.91 Å². The molecule has 1 aromatic heterocycles. The summed E-state index contributed by atoms with van der Waals surface area (Å²) in [6.07, 6.45) is -4.52. The molecule has 1 amide bonds. The zero-order valence-corrected chi connectivity index (χ0v) is 11.9. The first-order valence-corrected chi connectivity index (χ1v) is 6.38. The number of halogens is 5. The fraction of sp³-hybridized carbons (Fsp3) is 0.0833. The molecular formula is C12H6BrClF3NO2. The van der Waals surface area contributed by atoms with Crippen LogP contribution in [0.15, 0.2) is 39.2 Å². The second-order valence-corrected chi connectivity index (χ2v) is 4.98. The molecule has 0 saturated heterocycles. The summed E-state index contributed by atoms with van der Waals surface area (Å²) in [4.78, 5) is 11.7. The summed E-state index contributed by atoms with van der Waals surface area (Å²) in [5.74, 6) is -0.779. The fourth-order valence-electron chi connectivity index (χ4n) is 1.45. The second kappa shape index (κ2) is 5.49. The molecule has 1 N–H and O–H groups in total. The van der Waals surface area contributed by atoms with E-state index in [9.17, 15) is 18.0 Å². The maximum Gasteiger partial charge on any atom is 0.417 e. The number of rotatable bonds is 2. The van der Waals surface area contributed by atoms with Crippen LogP contribution in [0.5, 0.6) is 0 Å². The van der Waals surface area contributed by atoms with Crippen LogP contribution in [0.25, 0.3) is 0 Å². The lowest BCUT2D eigenvalue weighted by atomic mass is 10.2. The number of hydrogen-bond donors (Lipinski definition) is 1. The van der Waals surface area contributed by atoms with Gasteiger partial charge in [-0.25, -0.2) is 0 Å². The van der Waals surface area contributed by atoms with E-state index < -0.39 is 17.6 Å². The van der Waals surface area contributed by atoms with Crippen molar-refractivity contribution in [3.8, 4) is 0 Å². The van der Waals surface area contributed by atoms with E-state index in [2.05, 4.69) is 21.2 Å². The highest BCUT2D eigenvalue weighted by atomic mass is 79.9. The monoisotopic (exact) mass is 367 g/mol. The third-order valence-corrected chi connectivity index (χ3v) is 3.22. The molecule has 0 fully saturated rings. The molecule has 1 aromatic carbocycles. The van der Waals surface area contributed by atoms with Gasteiger partial charge in [0.05, 0.1) is 5.56 Å². The number of anilines is 1. The summed E-state index contributed by atoms with van der Waals surface area (Å²) in [7, 11) is 0. The lowest BCUT2D eigenvalue weighted by Gasteiger charge is -2.11. The maximum absolute atomic E-state index is 12.7. The van der Waals surface area contributed by atoms with Crippen LogP contribution in [0, 0.1) is 0 Å². The first kappa shape index (κ1) is 14.9. The van der Waals surface area contributed by atoms with Crippen molar-refractivity contribution in [1.82, 2.24) is 0 Å². The lowest BCUT2D eigenvalue weighted by Crippen LogP contribution is -2.12. The van der Waals surface area contributed by atoms with Gasteiger partial charge in [0.25, 0.3) is 5.91 Å². The predicted molar refractivity (Wildman–Crippen MR) is 70.8 cm³/mol. The van der Waals surface area contributed by atoms with Crippen molar-refractivity contribution in [1.29, 1.82) is 0 Å². The van der Waals surface area contributed by atoms with Gasteiger partial charge in [-0.15, -0.1) is 0 Å². The Bertz CT molecular complexity index is 654. The Morgan fingerprint density at radius 3 is 2.50 bits per heavy atom. The number of carbonyl (C=O) groups excluding carboxylic acids is 1. The van der Waals surface area contributed by atoms with Crippen LogP contribution in [0.3, 0.4) is 0 Å². The molecule has 0 atom stereocenters. The van der Waals surface area contributed by atoms with Crippen molar-refractivity contribution in [3.63, 3.8) is 0 Å². The Balaban J connectivity index is 2.24. The molecule has 2 rings (SSSR count). The maximum atomic E-state index is 12.7. The van der Waals surface area contributed by atoms with Gasteiger partial charge in [-0.1, -0.05) is 15.9 Å². The van der Waals surface area contributed by atoms with Gasteiger partial charge in [-0.2, -0.15) is 13.2 Å². The van der Waals surface area contributed by atoms with E-state index in [-0.39, 0.29) is 21.1 Å². The first-order chi connectivity index (χ1) is 9.27. The molecule has 1 heterocycles. The number of benzene rings is 1. The largest absolute Gasteiger partial charge is 0.440 e. The van der Waals surface area contributed by atoms with Gasteiger partial charge in [0.15, 0.2) is 11.0 Å². The molecule has 0 aliphatic heterocycles. The average Bonchev–Trinajstić information content (AvgIpc) is 2.77. The predicted octanol–water partition coefficient (Wildman–Crippen LogP) is 4.97. The van der Waals surface area contributed by atoms with E-state index in [1.54, 1.807) is 0 Å².